The largest absolute Gasteiger partial charge is 0.395 e. The molecule has 0 aliphatic carbocycles. The first-order valence-electron chi connectivity index (χ1n) is 4.90. The van der Waals surface area contributed by atoms with Gasteiger partial charge in [0.15, 0.2) is 0 Å². The second kappa shape index (κ2) is 5.51. The molecule has 1 aliphatic heterocycles. The SMILES string of the molecule is NCCC1CCN(CCO)CC1. The predicted molar refractivity (Wildman–Crippen MR) is 49.9 cm³/mol. The van der Waals surface area contributed by atoms with Gasteiger partial charge in [-0.05, 0) is 44.8 Å². The van der Waals surface area contributed by atoms with Gasteiger partial charge in [0.25, 0.3) is 0 Å². The lowest BCUT2D eigenvalue weighted by atomic mass is 9.94. The minimum Gasteiger partial charge on any atom is -0.395 e. The Morgan fingerprint density at radius 2 is 2.00 bits per heavy atom. The average molecular weight is 172 g/mol. The molecule has 1 aliphatic rings. The van der Waals surface area contributed by atoms with Gasteiger partial charge < -0.3 is 15.7 Å². The van der Waals surface area contributed by atoms with Crippen molar-refractivity contribution < 1.29 is 5.11 Å². The number of hydrogen-bond acceptors (Lipinski definition) is 3. The molecular formula is C9H20N2O. The smallest absolute Gasteiger partial charge is 0.0558 e. The molecule has 0 amide bonds. The van der Waals surface area contributed by atoms with Crippen LogP contribution in [-0.2, 0) is 0 Å². The monoisotopic (exact) mass is 172 g/mol. The van der Waals surface area contributed by atoms with Crippen LogP contribution in [0, 0.1) is 5.92 Å². The van der Waals surface area contributed by atoms with Crippen molar-refractivity contribution in [3.8, 4) is 0 Å². The van der Waals surface area contributed by atoms with E-state index in [1.54, 1.807) is 0 Å². The molecule has 1 rings (SSSR count). The highest BCUT2D eigenvalue weighted by Crippen LogP contribution is 2.19. The van der Waals surface area contributed by atoms with E-state index in [1.807, 2.05) is 0 Å². The van der Waals surface area contributed by atoms with Crippen LogP contribution in [0.2, 0.25) is 0 Å². The number of nitrogens with zero attached hydrogens (tertiary/aromatic N) is 1. The Balaban J connectivity index is 2.11. The summed E-state index contributed by atoms with van der Waals surface area (Å²) >= 11 is 0. The van der Waals surface area contributed by atoms with E-state index in [4.69, 9.17) is 10.8 Å². The summed E-state index contributed by atoms with van der Waals surface area (Å²) in [5, 5.41) is 8.73. The number of hydrogen-bond donors (Lipinski definition) is 2. The molecule has 3 N–H and O–H groups in total. The fourth-order valence-electron chi connectivity index (χ4n) is 1.88. The van der Waals surface area contributed by atoms with E-state index in [0.29, 0.717) is 6.61 Å². The second-order valence-corrected chi connectivity index (χ2v) is 3.59. The first kappa shape index (κ1) is 9.96. The van der Waals surface area contributed by atoms with Crippen molar-refractivity contribution in [3.05, 3.63) is 0 Å². The molecule has 0 bridgehead atoms. The van der Waals surface area contributed by atoms with Gasteiger partial charge >= 0.3 is 0 Å². The second-order valence-electron chi connectivity index (χ2n) is 3.59. The zero-order valence-corrected chi connectivity index (χ0v) is 7.71. The minimum absolute atomic E-state index is 0.293. The first-order chi connectivity index (χ1) is 5.86. The van der Waals surface area contributed by atoms with Crippen LogP contribution in [0.1, 0.15) is 19.3 Å². The van der Waals surface area contributed by atoms with E-state index in [2.05, 4.69) is 4.90 Å². The summed E-state index contributed by atoms with van der Waals surface area (Å²) in [6.07, 6.45) is 3.70. The Morgan fingerprint density at radius 1 is 1.33 bits per heavy atom. The minimum atomic E-state index is 0.293. The highest BCUT2D eigenvalue weighted by molar-refractivity contribution is 4.71. The number of nitrogens with two attached hydrogens (primary N) is 1. The number of aliphatic hydroxyl groups excluding tert-OH is 1. The van der Waals surface area contributed by atoms with Crippen LogP contribution in [0.5, 0.6) is 0 Å². The van der Waals surface area contributed by atoms with Crippen LogP contribution in [0.4, 0.5) is 0 Å². The van der Waals surface area contributed by atoms with Crippen molar-refractivity contribution in [2.24, 2.45) is 11.7 Å². The van der Waals surface area contributed by atoms with Gasteiger partial charge in [-0.3, -0.25) is 0 Å². The predicted octanol–water partition coefficient (Wildman–Crippen LogP) is 0.0395. The topological polar surface area (TPSA) is 49.5 Å². The Bertz CT molecular complexity index is 97.1. The maximum Gasteiger partial charge on any atom is 0.0558 e. The van der Waals surface area contributed by atoms with Crippen LogP contribution in [-0.4, -0.2) is 42.8 Å². The quantitative estimate of drug-likeness (QED) is 0.629. The molecule has 3 nitrogen and oxygen atoms in total. The van der Waals surface area contributed by atoms with Crippen molar-refractivity contribution in [3.63, 3.8) is 0 Å². The lowest BCUT2D eigenvalue weighted by Gasteiger charge is -2.31. The van der Waals surface area contributed by atoms with Gasteiger partial charge in [-0.15, -0.1) is 0 Å². The zero-order valence-electron chi connectivity index (χ0n) is 7.71. The number of rotatable bonds is 4. The summed E-state index contributed by atoms with van der Waals surface area (Å²) in [5.74, 6) is 0.838. The van der Waals surface area contributed by atoms with Gasteiger partial charge in [-0.25, -0.2) is 0 Å². The van der Waals surface area contributed by atoms with Crippen LogP contribution in [0.3, 0.4) is 0 Å². The molecule has 0 spiro atoms. The van der Waals surface area contributed by atoms with Gasteiger partial charge in [0, 0.05) is 6.54 Å². The third-order valence-electron chi connectivity index (χ3n) is 2.70. The summed E-state index contributed by atoms with van der Waals surface area (Å²) in [6.45, 7) is 4.25. The molecule has 0 saturated carbocycles. The number of aliphatic hydroxyl groups is 1. The summed E-state index contributed by atoms with van der Waals surface area (Å²) in [6, 6.07) is 0. The van der Waals surface area contributed by atoms with Crippen LogP contribution < -0.4 is 5.73 Å². The molecule has 0 unspecified atom stereocenters. The van der Waals surface area contributed by atoms with Crippen molar-refractivity contribution in [1.82, 2.24) is 4.90 Å². The molecule has 0 aromatic carbocycles. The van der Waals surface area contributed by atoms with Crippen molar-refractivity contribution >= 4 is 0 Å². The van der Waals surface area contributed by atoms with Gasteiger partial charge in [0.1, 0.15) is 0 Å². The molecule has 12 heavy (non-hydrogen) atoms. The van der Waals surface area contributed by atoms with Crippen LogP contribution in [0.15, 0.2) is 0 Å². The van der Waals surface area contributed by atoms with Crippen molar-refractivity contribution in [1.29, 1.82) is 0 Å². The summed E-state index contributed by atoms with van der Waals surface area (Å²) < 4.78 is 0. The maximum absolute atomic E-state index is 8.73. The molecule has 0 aromatic heterocycles. The molecule has 0 atom stereocenters. The van der Waals surface area contributed by atoms with E-state index in [-0.39, 0.29) is 0 Å². The summed E-state index contributed by atoms with van der Waals surface area (Å²) in [5.41, 5.74) is 5.50. The number of β-amino-alcohol motifs (C(OH)–C–C–N with tert-alkyl or cyclic N) is 1. The van der Waals surface area contributed by atoms with E-state index in [9.17, 15) is 0 Å². The first-order valence-corrected chi connectivity index (χ1v) is 4.90. The molecule has 72 valence electrons. The molecule has 3 heteroatoms. The highest BCUT2D eigenvalue weighted by atomic mass is 16.3. The molecule has 0 aromatic rings. The lowest BCUT2D eigenvalue weighted by molar-refractivity contribution is 0.145. The standard InChI is InChI=1S/C9H20N2O/c10-4-1-9-2-5-11(6-3-9)7-8-12/h9,12H,1-8,10H2. The number of likely N-dealkylation sites (tertiary alicyclic amines) is 1. The molecule has 1 fully saturated rings. The Morgan fingerprint density at radius 3 is 2.50 bits per heavy atom. The van der Waals surface area contributed by atoms with Crippen molar-refractivity contribution in [2.45, 2.75) is 19.3 Å². The fourth-order valence-corrected chi connectivity index (χ4v) is 1.88. The fraction of sp³-hybridized carbons (Fsp3) is 1.00. The number of piperidine rings is 1. The molecule has 1 saturated heterocycles. The molecule has 0 radical (unpaired) electrons. The Hall–Kier alpha value is -0.120. The van der Waals surface area contributed by atoms with Gasteiger partial charge in [0.05, 0.1) is 6.61 Å². The molecule has 1 heterocycles. The summed E-state index contributed by atoms with van der Waals surface area (Å²) in [4.78, 5) is 2.33. The van der Waals surface area contributed by atoms with Gasteiger partial charge in [-0.2, -0.15) is 0 Å². The maximum atomic E-state index is 8.73. The van der Waals surface area contributed by atoms with E-state index >= 15 is 0 Å². The zero-order chi connectivity index (χ0) is 8.81. The Labute approximate surface area is 74.5 Å². The third kappa shape index (κ3) is 3.09. The van der Waals surface area contributed by atoms with Crippen LogP contribution in [0.25, 0.3) is 0 Å². The molecular weight excluding hydrogens is 152 g/mol. The van der Waals surface area contributed by atoms with Crippen molar-refractivity contribution in [2.75, 3.05) is 32.8 Å². The van der Waals surface area contributed by atoms with E-state index < -0.39 is 0 Å². The van der Waals surface area contributed by atoms with Crippen LogP contribution >= 0.6 is 0 Å². The normalized spacial score (nSPS) is 21.5. The van der Waals surface area contributed by atoms with E-state index in [0.717, 1.165) is 32.1 Å². The van der Waals surface area contributed by atoms with E-state index in [1.165, 1.54) is 19.3 Å². The van der Waals surface area contributed by atoms with Gasteiger partial charge in [0.2, 0.25) is 0 Å². The highest BCUT2D eigenvalue weighted by Gasteiger charge is 2.17. The Kier molecular flexibility index (Phi) is 4.58. The third-order valence-corrected chi connectivity index (χ3v) is 2.70. The average Bonchev–Trinajstić information content (AvgIpc) is 2.09. The summed E-state index contributed by atoms with van der Waals surface area (Å²) in [7, 11) is 0. The lowest BCUT2D eigenvalue weighted by Crippen LogP contribution is -2.36. The van der Waals surface area contributed by atoms with Gasteiger partial charge in [-0.1, -0.05) is 0 Å².